The molecule has 0 spiro atoms. The molecule has 1 fully saturated rings. The Morgan fingerprint density at radius 3 is 2.72 bits per heavy atom. The van der Waals surface area contributed by atoms with E-state index in [2.05, 4.69) is 10.1 Å². The minimum atomic E-state index is -4.71. The van der Waals surface area contributed by atoms with Crippen LogP contribution in [0.25, 0.3) is 0 Å². The first-order chi connectivity index (χ1) is 8.44. The van der Waals surface area contributed by atoms with Crippen LogP contribution < -0.4 is 10.1 Å². The summed E-state index contributed by atoms with van der Waals surface area (Å²) in [6.07, 6.45) is -3.37. The van der Waals surface area contributed by atoms with Gasteiger partial charge in [0.2, 0.25) is 0 Å². The zero-order valence-corrected chi connectivity index (χ0v) is 9.57. The Bertz CT molecular complexity index is 405. The number of rotatable bonds is 5. The third-order valence-corrected chi connectivity index (χ3v) is 2.65. The number of ether oxygens (including phenoxy) is 1. The molecule has 2 rings (SSSR count). The van der Waals surface area contributed by atoms with E-state index in [1.54, 1.807) is 6.07 Å². The van der Waals surface area contributed by atoms with E-state index >= 15 is 0 Å². The van der Waals surface area contributed by atoms with Crippen LogP contribution >= 0.6 is 0 Å². The second kappa shape index (κ2) is 5.16. The van der Waals surface area contributed by atoms with Gasteiger partial charge in [0.05, 0.1) is 6.10 Å². The summed E-state index contributed by atoms with van der Waals surface area (Å²) in [7, 11) is 0. The van der Waals surface area contributed by atoms with Gasteiger partial charge in [0, 0.05) is 12.6 Å². The van der Waals surface area contributed by atoms with Crippen molar-refractivity contribution >= 4 is 0 Å². The summed E-state index contributed by atoms with van der Waals surface area (Å²) < 4.78 is 39.9. The molecule has 1 aliphatic carbocycles. The third kappa shape index (κ3) is 4.19. The van der Waals surface area contributed by atoms with Gasteiger partial charge in [0.25, 0.3) is 0 Å². The van der Waals surface area contributed by atoms with Gasteiger partial charge in [0.1, 0.15) is 5.75 Å². The average molecular weight is 261 g/mol. The van der Waals surface area contributed by atoms with Gasteiger partial charge in [-0.05, 0) is 30.5 Å². The van der Waals surface area contributed by atoms with Crippen molar-refractivity contribution in [3.05, 3.63) is 29.8 Å². The Labute approximate surface area is 103 Å². The minimum absolute atomic E-state index is 0.314. The van der Waals surface area contributed by atoms with Crippen LogP contribution in [0.2, 0.25) is 0 Å². The van der Waals surface area contributed by atoms with Crippen molar-refractivity contribution < 1.29 is 23.0 Å². The summed E-state index contributed by atoms with van der Waals surface area (Å²) in [5, 5.41) is 12.9. The maximum absolute atomic E-state index is 12.0. The standard InChI is InChI=1S/C12H14F3NO2/c13-12(14,15)18-10-3-1-2-8(6-10)11(17)7-16-9-4-5-9/h1-3,6,9,11,16-17H,4-5,7H2. The summed E-state index contributed by atoms with van der Waals surface area (Å²) in [5.74, 6) is -0.314. The van der Waals surface area contributed by atoms with Gasteiger partial charge in [-0.15, -0.1) is 13.2 Å². The first-order valence-electron chi connectivity index (χ1n) is 5.71. The van der Waals surface area contributed by atoms with E-state index in [0.29, 0.717) is 18.2 Å². The molecule has 1 atom stereocenters. The van der Waals surface area contributed by atoms with Crippen LogP contribution in [0, 0.1) is 0 Å². The summed E-state index contributed by atoms with van der Waals surface area (Å²) in [4.78, 5) is 0. The van der Waals surface area contributed by atoms with Crippen LogP contribution in [-0.2, 0) is 0 Å². The van der Waals surface area contributed by atoms with Gasteiger partial charge < -0.3 is 15.2 Å². The van der Waals surface area contributed by atoms with E-state index in [-0.39, 0.29) is 5.75 Å². The van der Waals surface area contributed by atoms with Gasteiger partial charge in [-0.2, -0.15) is 0 Å². The summed E-state index contributed by atoms with van der Waals surface area (Å²) in [6.45, 7) is 0.333. The van der Waals surface area contributed by atoms with Crippen molar-refractivity contribution in [1.82, 2.24) is 5.32 Å². The molecule has 1 aromatic rings. The van der Waals surface area contributed by atoms with Gasteiger partial charge in [-0.25, -0.2) is 0 Å². The fourth-order valence-corrected chi connectivity index (χ4v) is 1.60. The maximum Gasteiger partial charge on any atom is 0.573 e. The van der Waals surface area contributed by atoms with Crippen LogP contribution in [0.3, 0.4) is 0 Å². The molecule has 0 radical (unpaired) electrons. The first-order valence-corrected chi connectivity index (χ1v) is 5.71. The number of aliphatic hydroxyl groups is 1. The van der Waals surface area contributed by atoms with Crippen molar-refractivity contribution in [2.24, 2.45) is 0 Å². The van der Waals surface area contributed by atoms with Crippen LogP contribution in [0.4, 0.5) is 13.2 Å². The zero-order valence-electron chi connectivity index (χ0n) is 9.57. The molecule has 1 aromatic carbocycles. The SMILES string of the molecule is OC(CNC1CC1)c1cccc(OC(F)(F)F)c1. The molecule has 6 heteroatoms. The number of halogens is 3. The molecule has 0 heterocycles. The van der Waals surface area contributed by atoms with E-state index in [1.165, 1.54) is 18.2 Å². The molecular formula is C12H14F3NO2. The van der Waals surface area contributed by atoms with Crippen molar-refractivity contribution in [3.8, 4) is 5.75 Å². The van der Waals surface area contributed by atoms with Crippen molar-refractivity contribution in [1.29, 1.82) is 0 Å². The monoisotopic (exact) mass is 261 g/mol. The largest absolute Gasteiger partial charge is 0.573 e. The lowest BCUT2D eigenvalue weighted by Crippen LogP contribution is -2.23. The average Bonchev–Trinajstić information content (AvgIpc) is 3.07. The first kappa shape index (κ1) is 13.2. The molecule has 0 saturated heterocycles. The molecule has 0 aliphatic heterocycles. The molecule has 3 nitrogen and oxygen atoms in total. The van der Waals surface area contributed by atoms with Gasteiger partial charge >= 0.3 is 6.36 Å². The second-order valence-electron chi connectivity index (χ2n) is 4.32. The number of benzene rings is 1. The number of hydrogen-bond acceptors (Lipinski definition) is 3. The normalized spacial score (nSPS) is 17.6. The van der Waals surface area contributed by atoms with Gasteiger partial charge in [0.15, 0.2) is 0 Å². The van der Waals surface area contributed by atoms with E-state index < -0.39 is 12.5 Å². The Morgan fingerprint density at radius 1 is 1.39 bits per heavy atom. The lowest BCUT2D eigenvalue weighted by molar-refractivity contribution is -0.274. The number of aliphatic hydroxyl groups excluding tert-OH is 1. The Balaban J connectivity index is 1.96. The lowest BCUT2D eigenvalue weighted by atomic mass is 10.1. The van der Waals surface area contributed by atoms with Crippen LogP contribution in [0.1, 0.15) is 24.5 Å². The van der Waals surface area contributed by atoms with Crippen molar-refractivity contribution in [2.45, 2.75) is 31.3 Å². The van der Waals surface area contributed by atoms with Crippen molar-refractivity contribution in [2.75, 3.05) is 6.54 Å². The molecule has 0 aromatic heterocycles. The minimum Gasteiger partial charge on any atom is -0.406 e. The lowest BCUT2D eigenvalue weighted by Gasteiger charge is -2.14. The molecule has 18 heavy (non-hydrogen) atoms. The highest BCUT2D eigenvalue weighted by molar-refractivity contribution is 5.30. The second-order valence-corrected chi connectivity index (χ2v) is 4.32. The van der Waals surface area contributed by atoms with Crippen LogP contribution in [-0.4, -0.2) is 24.1 Å². The molecule has 0 bridgehead atoms. The molecule has 1 saturated carbocycles. The predicted octanol–water partition coefficient (Wildman–Crippen LogP) is 2.37. The smallest absolute Gasteiger partial charge is 0.406 e. The molecule has 100 valence electrons. The Morgan fingerprint density at radius 2 is 2.11 bits per heavy atom. The summed E-state index contributed by atoms with van der Waals surface area (Å²) in [5.41, 5.74) is 0.407. The van der Waals surface area contributed by atoms with Crippen LogP contribution in [0.15, 0.2) is 24.3 Å². The fraction of sp³-hybridized carbons (Fsp3) is 0.500. The van der Waals surface area contributed by atoms with E-state index in [0.717, 1.165) is 12.8 Å². The Kier molecular flexibility index (Phi) is 3.77. The number of hydrogen-bond donors (Lipinski definition) is 2. The highest BCUT2D eigenvalue weighted by atomic mass is 19.4. The predicted molar refractivity (Wildman–Crippen MR) is 59.1 cm³/mol. The molecular weight excluding hydrogens is 247 g/mol. The zero-order chi connectivity index (χ0) is 13.2. The molecule has 1 aliphatic rings. The highest BCUT2D eigenvalue weighted by Gasteiger charge is 2.31. The Hall–Kier alpha value is -1.27. The topological polar surface area (TPSA) is 41.5 Å². The van der Waals surface area contributed by atoms with Crippen molar-refractivity contribution in [3.63, 3.8) is 0 Å². The van der Waals surface area contributed by atoms with E-state index in [1.807, 2.05) is 0 Å². The van der Waals surface area contributed by atoms with Gasteiger partial charge in [-0.1, -0.05) is 12.1 Å². The van der Waals surface area contributed by atoms with Gasteiger partial charge in [-0.3, -0.25) is 0 Å². The summed E-state index contributed by atoms with van der Waals surface area (Å²) in [6, 6.07) is 5.85. The van der Waals surface area contributed by atoms with E-state index in [9.17, 15) is 18.3 Å². The number of nitrogens with one attached hydrogen (secondary N) is 1. The number of alkyl halides is 3. The third-order valence-electron chi connectivity index (χ3n) is 2.65. The molecule has 2 N–H and O–H groups in total. The van der Waals surface area contributed by atoms with Crippen LogP contribution in [0.5, 0.6) is 5.75 Å². The fourth-order valence-electron chi connectivity index (χ4n) is 1.60. The quantitative estimate of drug-likeness (QED) is 0.855. The highest BCUT2D eigenvalue weighted by Crippen LogP contribution is 2.26. The van der Waals surface area contributed by atoms with E-state index in [4.69, 9.17) is 0 Å². The maximum atomic E-state index is 12.0. The molecule has 0 amide bonds. The molecule has 1 unspecified atom stereocenters. The summed E-state index contributed by atoms with van der Waals surface area (Å²) >= 11 is 0.